The molecule has 7 nitrogen and oxygen atoms in total. The Labute approximate surface area is 103 Å². The van der Waals surface area contributed by atoms with E-state index in [0.29, 0.717) is 11.6 Å². The highest BCUT2D eigenvalue weighted by Gasteiger charge is 2.37. The van der Waals surface area contributed by atoms with Crippen molar-refractivity contribution in [2.24, 2.45) is 5.73 Å². The van der Waals surface area contributed by atoms with Crippen LogP contribution < -0.4 is 15.4 Å². The average molecular weight is 251 g/mol. The van der Waals surface area contributed by atoms with Crippen molar-refractivity contribution in [3.05, 3.63) is 18.3 Å². The zero-order valence-corrected chi connectivity index (χ0v) is 9.74. The van der Waals surface area contributed by atoms with Gasteiger partial charge in [-0.1, -0.05) is 0 Å². The van der Waals surface area contributed by atoms with E-state index < -0.39 is 24.0 Å². The molecule has 1 aliphatic rings. The number of ether oxygens (including phenoxy) is 1. The number of nitrogens with two attached hydrogens (primary N) is 1. The van der Waals surface area contributed by atoms with E-state index in [1.807, 2.05) is 0 Å². The number of carbonyl (C=O) groups excluding carboxylic acids is 1. The number of anilines is 1. The number of aliphatic carboxylic acids is 1. The molecule has 2 unspecified atom stereocenters. The van der Waals surface area contributed by atoms with Gasteiger partial charge in [0, 0.05) is 13.2 Å². The Bertz CT molecular complexity index is 491. The summed E-state index contributed by atoms with van der Waals surface area (Å²) in [5.41, 5.74) is 5.69. The number of carbonyl (C=O) groups is 2. The number of amides is 1. The second-order valence-electron chi connectivity index (χ2n) is 4.02. The summed E-state index contributed by atoms with van der Waals surface area (Å²) in [5.74, 6) is -0.639. The smallest absolute Gasteiger partial charge is 0.305 e. The second-order valence-corrected chi connectivity index (χ2v) is 4.02. The molecule has 0 fully saturated rings. The van der Waals surface area contributed by atoms with Crippen molar-refractivity contribution in [1.82, 2.24) is 4.98 Å². The molecule has 0 bridgehead atoms. The Morgan fingerprint density at radius 2 is 2.44 bits per heavy atom. The minimum absolute atomic E-state index is 0.333. The van der Waals surface area contributed by atoms with Crippen LogP contribution in [0.4, 0.5) is 5.82 Å². The molecule has 0 saturated heterocycles. The van der Waals surface area contributed by atoms with E-state index in [2.05, 4.69) is 4.98 Å². The molecule has 3 N–H and O–H groups in total. The lowest BCUT2D eigenvalue weighted by Crippen LogP contribution is -2.53. The maximum absolute atomic E-state index is 12.0. The Morgan fingerprint density at radius 3 is 3.11 bits per heavy atom. The molecule has 0 spiro atoms. The van der Waals surface area contributed by atoms with Crippen molar-refractivity contribution in [3.63, 3.8) is 0 Å². The fraction of sp³-hybridized carbons (Fsp3) is 0.364. The van der Waals surface area contributed by atoms with Gasteiger partial charge >= 0.3 is 5.97 Å². The van der Waals surface area contributed by atoms with Crippen molar-refractivity contribution in [2.75, 3.05) is 11.9 Å². The number of hydrogen-bond acceptors (Lipinski definition) is 5. The van der Waals surface area contributed by atoms with E-state index in [1.54, 1.807) is 25.4 Å². The van der Waals surface area contributed by atoms with Crippen molar-refractivity contribution in [1.29, 1.82) is 0 Å². The van der Waals surface area contributed by atoms with Crippen LogP contribution in [0.3, 0.4) is 0 Å². The van der Waals surface area contributed by atoms with E-state index in [9.17, 15) is 9.59 Å². The van der Waals surface area contributed by atoms with E-state index in [-0.39, 0.29) is 6.42 Å². The standard InChI is InChI=1S/C11H13N3O4/c1-14-10-7(3-2-4-13-10)18-9(11(14)17)6(12)5-8(15)16/h2-4,6,9H,5,12H2,1H3,(H,15,16). The number of likely N-dealkylation sites (N-methyl/N-ethyl adjacent to an activating group) is 1. The summed E-state index contributed by atoms with van der Waals surface area (Å²) in [6.07, 6.45) is 0.214. The molecule has 0 aromatic carbocycles. The number of pyridine rings is 1. The van der Waals surface area contributed by atoms with E-state index in [4.69, 9.17) is 15.6 Å². The molecule has 2 heterocycles. The first-order chi connectivity index (χ1) is 8.50. The third-order valence-electron chi connectivity index (χ3n) is 2.70. The predicted octanol–water partition coefficient (Wildman–Crippen LogP) is -0.393. The zero-order chi connectivity index (χ0) is 13.3. The van der Waals surface area contributed by atoms with Gasteiger partial charge in [-0.3, -0.25) is 14.5 Å². The Hall–Kier alpha value is -2.15. The van der Waals surface area contributed by atoms with E-state index in [0.717, 1.165) is 0 Å². The van der Waals surface area contributed by atoms with Crippen molar-refractivity contribution in [3.8, 4) is 5.75 Å². The van der Waals surface area contributed by atoms with Crippen LogP contribution in [-0.4, -0.2) is 41.2 Å². The molecule has 96 valence electrons. The first-order valence-electron chi connectivity index (χ1n) is 5.37. The molecule has 1 aliphatic heterocycles. The number of fused-ring (bicyclic) bond motifs is 1. The molecule has 1 aromatic heterocycles. The molecule has 0 aliphatic carbocycles. The van der Waals surface area contributed by atoms with Crippen LogP contribution in [-0.2, 0) is 9.59 Å². The lowest BCUT2D eigenvalue weighted by atomic mass is 10.1. The number of hydrogen-bond donors (Lipinski definition) is 2. The summed E-state index contributed by atoms with van der Waals surface area (Å²) in [5, 5.41) is 8.69. The third kappa shape index (κ3) is 2.12. The van der Waals surface area contributed by atoms with E-state index in [1.165, 1.54) is 4.90 Å². The topological polar surface area (TPSA) is 106 Å². The van der Waals surface area contributed by atoms with Crippen LogP contribution in [0, 0.1) is 0 Å². The van der Waals surface area contributed by atoms with Crippen LogP contribution in [0.25, 0.3) is 0 Å². The molecular formula is C11H13N3O4. The highest BCUT2D eigenvalue weighted by molar-refractivity contribution is 5.99. The minimum atomic E-state index is -1.07. The average Bonchev–Trinajstić information content (AvgIpc) is 2.33. The van der Waals surface area contributed by atoms with Gasteiger partial charge in [0.2, 0.25) is 0 Å². The number of aromatic nitrogens is 1. The molecule has 7 heteroatoms. The zero-order valence-electron chi connectivity index (χ0n) is 9.74. The normalized spacial score (nSPS) is 20.0. The van der Waals surface area contributed by atoms with Crippen molar-refractivity contribution >= 4 is 17.7 Å². The van der Waals surface area contributed by atoms with Gasteiger partial charge in [-0.15, -0.1) is 0 Å². The molecule has 0 radical (unpaired) electrons. The molecule has 2 rings (SSSR count). The summed E-state index contributed by atoms with van der Waals surface area (Å²) >= 11 is 0. The molecule has 1 amide bonds. The largest absolute Gasteiger partial charge is 0.481 e. The molecule has 0 saturated carbocycles. The summed E-state index contributed by atoms with van der Waals surface area (Å²) in [4.78, 5) is 28.0. The minimum Gasteiger partial charge on any atom is -0.481 e. The Kier molecular flexibility index (Phi) is 3.15. The van der Waals surface area contributed by atoms with Gasteiger partial charge in [-0.2, -0.15) is 0 Å². The molecule has 18 heavy (non-hydrogen) atoms. The Morgan fingerprint density at radius 1 is 1.72 bits per heavy atom. The monoisotopic (exact) mass is 251 g/mol. The summed E-state index contributed by atoms with van der Waals surface area (Å²) in [7, 11) is 1.55. The highest BCUT2D eigenvalue weighted by Crippen LogP contribution is 2.31. The quantitative estimate of drug-likeness (QED) is 0.757. The van der Waals surface area contributed by atoms with Gasteiger partial charge in [0.1, 0.15) is 0 Å². The maximum atomic E-state index is 12.0. The van der Waals surface area contributed by atoms with Crippen LogP contribution in [0.1, 0.15) is 6.42 Å². The van der Waals surface area contributed by atoms with Crippen LogP contribution in [0.15, 0.2) is 18.3 Å². The van der Waals surface area contributed by atoms with Gasteiger partial charge in [-0.05, 0) is 12.1 Å². The SMILES string of the molecule is CN1C(=O)C(C(N)CC(=O)O)Oc2cccnc21. The van der Waals surface area contributed by atoms with Gasteiger partial charge in [0.05, 0.1) is 12.5 Å². The van der Waals surface area contributed by atoms with E-state index >= 15 is 0 Å². The van der Waals surface area contributed by atoms with Gasteiger partial charge in [-0.25, -0.2) is 4.98 Å². The van der Waals surface area contributed by atoms with Crippen molar-refractivity contribution in [2.45, 2.75) is 18.6 Å². The first-order valence-corrected chi connectivity index (χ1v) is 5.37. The summed E-state index contributed by atoms with van der Waals surface area (Å²) < 4.78 is 5.44. The lowest BCUT2D eigenvalue weighted by Gasteiger charge is -2.33. The molecule has 1 aromatic rings. The van der Waals surface area contributed by atoms with Crippen LogP contribution in [0.2, 0.25) is 0 Å². The summed E-state index contributed by atoms with van der Waals surface area (Å²) in [6.45, 7) is 0. The van der Waals surface area contributed by atoms with Crippen LogP contribution in [0.5, 0.6) is 5.75 Å². The second kappa shape index (κ2) is 4.61. The third-order valence-corrected chi connectivity index (χ3v) is 2.70. The van der Waals surface area contributed by atoms with Crippen molar-refractivity contribution < 1.29 is 19.4 Å². The number of rotatable bonds is 3. The fourth-order valence-corrected chi connectivity index (χ4v) is 1.79. The van der Waals surface area contributed by atoms with Gasteiger partial charge in [0.25, 0.3) is 5.91 Å². The van der Waals surface area contributed by atoms with Gasteiger partial charge < -0.3 is 15.6 Å². The lowest BCUT2D eigenvalue weighted by molar-refractivity contribution is -0.138. The highest BCUT2D eigenvalue weighted by atomic mass is 16.5. The van der Waals surface area contributed by atoms with Crippen LogP contribution >= 0.6 is 0 Å². The maximum Gasteiger partial charge on any atom is 0.305 e. The fourth-order valence-electron chi connectivity index (χ4n) is 1.79. The number of nitrogens with zero attached hydrogens (tertiary/aromatic N) is 2. The number of carboxylic acid groups (broad SMARTS) is 1. The first kappa shape index (κ1) is 12.3. The summed E-state index contributed by atoms with van der Waals surface area (Å²) in [6, 6.07) is 2.43. The molecular weight excluding hydrogens is 238 g/mol. The number of carboxylic acids is 1. The predicted molar refractivity (Wildman–Crippen MR) is 62.3 cm³/mol. The molecule has 2 atom stereocenters. The Balaban J connectivity index is 2.26. The van der Waals surface area contributed by atoms with Gasteiger partial charge in [0.15, 0.2) is 17.7 Å².